The minimum atomic E-state index is -0.411. The molecule has 0 radical (unpaired) electrons. The van der Waals surface area contributed by atoms with Gasteiger partial charge in [0.15, 0.2) is 0 Å². The summed E-state index contributed by atoms with van der Waals surface area (Å²) in [5.74, 6) is -1.04. The molecular formula is C26H27BrFN3O2. The summed E-state index contributed by atoms with van der Waals surface area (Å²) in [5, 5.41) is 5.73. The normalized spacial score (nSPS) is 10.8. The summed E-state index contributed by atoms with van der Waals surface area (Å²) >= 11 is 3.40. The molecule has 5 nitrogen and oxygen atoms in total. The van der Waals surface area contributed by atoms with E-state index in [2.05, 4.69) is 51.4 Å². The van der Waals surface area contributed by atoms with Gasteiger partial charge in [-0.25, -0.2) is 4.39 Å². The molecule has 3 aromatic carbocycles. The topological polar surface area (TPSA) is 61.4 Å². The average Bonchev–Trinajstić information content (AvgIpc) is 2.81. The molecule has 7 heteroatoms. The number of rotatable bonds is 9. The van der Waals surface area contributed by atoms with Crippen LogP contribution in [0.3, 0.4) is 0 Å². The lowest BCUT2D eigenvalue weighted by Crippen LogP contribution is -2.26. The molecule has 2 N–H and O–H groups in total. The average molecular weight is 512 g/mol. The number of carbonyl (C=O) groups excluding carboxylic acids is 2. The van der Waals surface area contributed by atoms with Crippen molar-refractivity contribution in [1.82, 2.24) is 10.2 Å². The molecule has 0 unspecified atom stereocenters. The van der Waals surface area contributed by atoms with Crippen molar-refractivity contribution in [3.63, 3.8) is 0 Å². The Morgan fingerprint density at radius 2 is 1.55 bits per heavy atom. The lowest BCUT2D eigenvalue weighted by atomic mass is 10.1. The van der Waals surface area contributed by atoms with Gasteiger partial charge in [-0.2, -0.15) is 0 Å². The third kappa shape index (κ3) is 6.97. The highest BCUT2D eigenvalue weighted by Crippen LogP contribution is 2.21. The Labute approximate surface area is 202 Å². The fourth-order valence-electron chi connectivity index (χ4n) is 3.45. The first-order chi connectivity index (χ1) is 15.9. The molecule has 0 aliphatic heterocycles. The fraction of sp³-hybridized carbons (Fsp3) is 0.231. The van der Waals surface area contributed by atoms with Crippen molar-refractivity contribution >= 4 is 33.4 Å². The van der Waals surface area contributed by atoms with Crippen molar-refractivity contribution in [1.29, 1.82) is 0 Å². The van der Waals surface area contributed by atoms with Gasteiger partial charge in [0.2, 0.25) is 0 Å². The van der Waals surface area contributed by atoms with Crippen molar-refractivity contribution in [2.24, 2.45) is 0 Å². The van der Waals surface area contributed by atoms with Gasteiger partial charge in [-0.15, -0.1) is 0 Å². The lowest BCUT2D eigenvalue weighted by Gasteiger charge is -2.20. The van der Waals surface area contributed by atoms with Gasteiger partial charge in [-0.05, 0) is 66.7 Å². The van der Waals surface area contributed by atoms with Gasteiger partial charge in [-0.3, -0.25) is 14.5 Å². The Bertz CT molecular complexity index is 1110. The second kappa shape index (κ2) is 11.7. The predicted octanol–water partition coefficient (Wildman–Crippen LogP) is 5.61. The minimum absolute atomic E-state index is 0.244. The summed E-state index contributed by atoms with van der Waals surface area (Å²) in [6, 6.07) is 18.4. The standard InChI is InChI=1S/C26H27BrFN3O2/c1-3-31(4-2)17-20-8-6-5-7-19(20)16-29-25(32)21-13-22(27)15-24(14-21)30-26(33)18-9-11-23(28)12-10-18/h5-15H,3-4,16-17H2,1-2H3,(H,29,32)(H,30,33). The van der Waals surface area contributed by atoms with Crippen LogP contribution in [0.2, 0.25) is 0 Å². The molecule has 0 fully saturated rings. The number of anilines is 1. The van der Waals surface area contributed by atoms with Crippen molar-refractivity contribution in [2.45, 2.75) is 26.9 Å². The van der Waals surface area contributed by atoms with Gasteiger partial charge in [0.05, 0.1) is 0 Å². The summed E-state index contributed by atoms with van der Waals surface area (Å²) in [6.07, 6.45) is 0. The quantitative estimate of drug-likeness (QED) is 0.392. The number of hydrogen-bond donors (Lipinski definition) is 2. The van der Waals surface area contributed by atoms with Crippen molar-refractivity contribution in [3.05, 3.63) is 99.3 Å². The first-order valence-electron chi connectivity index (χ1n) is 10.8. The maximum atomic E-state index is 13.1. The van der Waals surface area contributed by atoms with E-state index in [-0.39, 0.29) is 11.8 Å². The van der Waals surface area contributed by atoms with Crippen LogP contribution in [0, 0.1) is 5.82 Å². The maximum Gasteiger partial charge on any atom is 0.255 e. The maximum absolute atomic E-state index is 13.1. The van der Waals surface area contributed by atoms with E-state index < -0.39 is 5.82 Å². The van der Waals surface area contributed by atoms with Crippen LogP contribution in [0.15, 0.2) is 71.2 Å². The molecule has 3 aromatic rings. The summed E-state index contributed by atoms with van der Waals surface area (Å²) in [7, 11) is 0. The third-order valence-electron chi connectivity index (χ3n) is 5.37. The van der Waals surface area contributed by atoms with Gasteiger partial charge >= 0.3 is 0 Å². The Morgan fingerprint density at radius 3 is 2.21 bits per heavy atom. The van der Waals surface area contributed by atoms with Crippen LogP contribution in [-0.4, -0.2) is 29.8 Å². The molecule has 0 aliphatic rings. The van der Waals surface area contributed by atoms with Crippen LogP contribution in [0.25, 0.3) is 0 Å². The van der Waals surface area contributed by atoms with Gasteiger partial charge in [-0.1, -0.05) is 54.0 Å². The summed E-state index contributed by atoms with van der Waals surface area (Å²) in [5.41, 5.74) is 3.46. The second-order valence-corrected chi connectivity index (χ2v) is 8.52. The van der Waals surface area contributed by atoms with Crippen LogP contribution in [-0.2, 0) is 13.1 Å². The van der Waals surface area contributed by atoms with Crippen molar-refractivity contribution in [3.8, 4) is 0 Å². The molecular weight excluding hydrogens is 485 g/mol. The Hall–Kier alpha value is -3.03. The molecule has 0 aliphatic carbocycles. The highest BCUT2D eigenvalue weighted by atomic mass is 79.9. The first-order valence-corrected chi connectivity index (χ1v) is 11.6. The van der Waals surface area contributed by atoms with Crippen LogP contribution in [0.1, 0.15) is 45.7 Å². The zero-order chi connectivity index (χ0) is 23.8. The Balaban J connectivity index is 1.69. The first kappa shape index (κ1) is 24.6. The smallest absolute Gasteiger partial charge is 0.255 e. The number of nitrogens with one attached hydrogen (secondary N) is 2. The number of nitrogens with zero attached hydrogens (tertiary/aromatic N) is 1. The number of hydrogen-bond acceptors (Lipinski definition) is 3. The largest absolute Gasteiger partial charge is 0.348 e. The van der Waals surface area contributed by atoms with E-state index in [0.717, 1.165) is 25.2 Å². The van der Waals surface area contributed by atoms with Crippen LogP contribution in [0.4, 0.5) is 10.1 Å². The predicted molar refractivity (Wildman–Crippen MR) is 133 cm³/mol. The van der Waals surface area contributed by atoms with Gasteiger partial charge < -0.3 is 10.6 Å². The number of amides is 2. The van der Waals surface area contributed by atoms with Crippen LogP contribution < -0.4 is 10.6 Å². The Kier molecular flexibility index (Phi) is 8.74. The summed E-state index contributed by atoms with van der Waals surface area (Å²) in [4.78, 5) is 27.6. The fourth-order valence-corrected chi connectivity index (χ4v) is 3.94. The monoisotopic (exact) mass is 511 g/mol. The molecule has 0 atom stereocenters. The van der Waals surface area contributed by atoms with Crippen molar-refractivity contribution in [2.75, 3.05) is 18.4 Å². The SMILES string of the molecule is CCN(CC)Cc1ccccc1CNC(=O)c1cc(Br)cc(NC(=O)c2ccc(F)cc2)c1. The van der Waals surface area contributed by atoms with E-state index in [9.17, 15) is 14.0 Å². The molecule has 0 heterocycles. The Morgan fingerprint density at radius 1 is 0.879 bits per heavy atom. The van der Waals surface area contributed by atoms with Gasteiger partial charge in [0, 0.05) is 34.4 Å². The molecule has 2 amide bonds. The molecule has 0 saturated heterocycles. The minimum Gasteiger partial charge on any atom is -0.348 e. The van der Waals surface area contributed by atoms with E-state index in [1.807, 2.05) is 18.2 Å². The van der Waals surface area contributed by atoms with Crippen LogP contribution in [0.5, 0.6) is 0 Å². The van der Waals surface area contributed by atoms with E-state index >= 15 is 0 Å². The highest BCUT2D eigenvalue weighted by Gasteiger charge is 2.13. The molecule has 0 aromatic heterocycles. The number of carbonyl (C=O) groups is 2. The summed E-state index contributed by atoms with van der Waals surface area (Å²) in [6.45, 7) is 7.42. The van der Waals surface area contributed by atoms with E-state index in [0.29, 0.717) is 27.8 Å². The van der Waals surface area contributed by atoms with Gasteiger partial charge in [0.25, 0.3) is 11.8 Å². The number of benzene rings is 3. The molecule has 3 rings (SSSR count). The lowest BCUT2D eigenvalue weighted by molar-refractivity contribution is 0.0949. The molecule has 0 bridgehead atoms. The highest BCUT2D eigenvalue weighted by molar-refractivity contribution is 9.10. The zero-order valence-corrected chi connectivity index (χ0v) is 20.3. The summed E-state index contributed by atoms with van der Waals surface area (Å²) < 4.78 is 13.8. The third-order valence-corrected chi connectivity index (χ3v) is 5.83. The van der Waals surface area contributed by atoms with Gasteiger partial charge in [0.1, 0.15) is 5.82 Å². The zero-order valence-electron chi connectivity index (χ0n) is 18.7. The van der Waals surface area contributed by atoms with E-state index in [4.69, 9.17) is 0 Å². The molecule has 33 heavy (non-hydrogen) atoms. The van der Waals surface area contributed by atoms with E-state index in [1.165, 1.54) is 29.8 Å². The van der Waals surface area contributed by atoms with Crippen molar-refractivity contribution < 1.29 is 14.0 Å². The number of halogens is 2. The molecule has 0 saturated carbocycles. The molecule has 0 spiro atoms. The van der Waals surface area contributed by atoms with E-state index in [1.54, 1.807) is 18.2 Å². The second-order valence-electron chi connectivity index (χ2n) is 7.60. The van der Waals surface area contributed by atoms with Crippen LogP contribution >= 0.6 is 15.9 Å². The molecule has 172 valence electrons.